The predicted octanol–water partition coefficient (Wildman–Crippen LogP) is -0.772. The summed E-state index contributed by atoms with van der Waals surface area (Å²) in [7, 11) is 1.34. The molecule has 0 saturated carbocycles. The van der Waals surface area contributed by atoms with Crippen LogP contribution in [-0.4, -0.2) is 25.8 Å². The first-order valence-corrected chi connectivity index (χ1v) is 5.04. The van der Waals surface area contributed by atoms with Crippen LogP contribution in [0.4, 0.5) is 5.69 Å². The van der Waals surface area contributed by atoms with E-state index in [1.54, 1.807) is 0 Å². The second-order valence-corrected chi connectivity index (χ2v) is 3.55. The highest BCUT2D eigenvalue weighted by Crippen LogP contribution is 2.00. The first-order valence-electron chi connectivity index (χ1n) is 5.04. The van der Waals surface area contributed by atoms with Gasteiger partial charge in [0.25, 0.3) is 0 Å². The number of rotatable bonds is 5. The van der Waals surface area contributed by atoms with Gasteiger partial charge in [0.15, 0.2) is 0 Å². The van der Waals surface area contributed by atoms with E-state index >= 15 is 0 Å². The number of unbranched alkanes of at least 4 members (excludes halogenated alkanes) is 1. The zero-order chi connectivity index (χ0) is 13.0. The fourth-order valence-corrected chi connectivity index (χ4v) is 1.41. The Hall–Kier alpha value is -1.96. The first kappa shape index (κ1) is 13.1. The van der Waals surface area contributed by atoms with Crippen molar-refractivity contribution in [2.24, 2.45) is 7.05 Å². The van der Waals surface area contributed by atoms with Crippen LogP contribution in [-0.2, 0) is 13.6 Å². The predicted molar refractivity (Wildman–Crippen MR) is 58.9 cm³/mol. The molecule has 1 aromatic rings. The average molecular weight is 243 g/mol. The van der Waals surface area contributed by atoms with Gasteiger partial charge in [-0.1, -0.05) is 0 Å². The number of hydrogen-bond acceptors (Lipinski definition) is 5. The van der Waals surface area contributed by atoms with Gasteiger partial charge in [0.2, 0.25) is 0 Å². The van der Waals surface area contributed by atoms with Gasteiger partial charge in [-0.3, -0.25) is 24.0 Å². The highest BCUT2D eigenvalue weighted by Gasteiger charge is 2.18. The summed E-state index contributed by atoms with van der Waals surface area (Å²) in [6.07, 6.45) is 1.75. The largest absolute Gasteiger partial charge is 0.396 e. The van der Waals surface area contributed by atoms with E-state index in [-0.39, 0.29) is 13.2 Å². The number of aryl methyl sites for hydroxylation is 1. The molecule has 8 nitrogen and oxygen atoms in total. The van der Waals surface area contributed by atoms with E-state index in [9.17, 15) is 19.7 Å². The van der Waals surface area contributed by atoms with E-state index in [2.05, 4.69) is 0 Å². The lowest BCUT2D eigenvalue weighted by Gasteiger charge is -2.05. The molecule has 94 valence electrons. The number of nitro groups is 1. The molecule has 0 unspecified atom stereocenters. The Kier molecular flexibility index (Phi) is 4.16. The average Bonchev–Trinajstić information content (AvgIpc) is 2.28. The van der Waals surface area contributed by atoms with Crippen LogP contribution in [0, 0.1) is 10.1 Å². The summed E-state index contributed by atoms with van der Waals surface area (Å²) in [5, 5.41) is 19.2. The highest BCUT2D eigenvalue weighted by molar-refractivity contribution is 5.21. The second kappa shape index (κ2) is 5.39. The van der Waals surface area contributed by atoms with Gasteiger partial charge in [0.1, 0.15) is 0 Å². The van der Waals surface area contributed by atoms with Crippen LogP contribution in [0.1, 0.15) is 12.8 Å². The molecule has 1 heterocycles. The minimum absolute atomic E-state index is 0.0516. The van der Waals surface area contributed by atoms with Gasteiger partial charge in [0.05, 0.1) is 11.1 Å². The van der Waals surface area contributed by atoms with Gasteiger partial charge in [-0.2, -0.15) is 0 Å². The minimum atomic E-state index is -0.906. The van der Waals surface area contributed by atoms with Crippen molar-refractivity contribution in [3.05, 3.63) is 37.1 Å². The minimum Gasteiger partial charge on any atom is -0.396 e. The normalized spacial score (nSPS) is 10.5. The smallest absolute Gasteiger partial charge is 0.350 e. The van der Waals surface area contributed by atoms with Gasteiger partial charge in [0, 0.05) is 20.2 Å². The third-order valence-corrected chi connectivity index (χ3v) is 2.30. The molecule has 0 atom stereocenters. The Morgan fingerprint density at radius 3 is 2.59 bits per heavy atom. The van der Waals surface area contributed by atoms with Gasteiger partial charge >= 0.3 is 16.9 Å². The monoisotopic (exact) mass is 243 g/mol. The van der Waals surface area contributed by atoms with Crippen LogP contribution >= 0.6 is 0 Å². The molecule has 0 aromatic carbocycles. The number of aliphatic hydroxyl groups is 1. The molecule has 1 N–H and O–H groups in total. The summed E-state index contributed by atoms with van der Waals surface area (Å²) in [6, 6.07) is 0. The molecule has 8 heteroatoms. The van der Waals surface area contributed by atoms with Crippen LogP contribution in [0.2, 0.25) is 0 Å². The lowest BCUT2D eigenvalue weighted by molar-refractivity contribution is -0.387. The standard InChI is InChI=1S/C9H13N3O5/c1-10-6-7(12(16)17)8(14)11(9(10)15)4-2-3-5-13/h6,13H,2-5H2,1H3. The van der Waals surface area contributed by atoms with Gasteiger partial charge in [-0.05, 0) is 12.8 Å². The van der Waals surface area contributed by atoms with Crippen LogP contribution in [0.25, 0.3) is 0 Å². The van der Waals surface area contributed by atoms with Crippen molar-refractivity contribution >= 4 is 5.69 Å². The summed E-state index contributed by atoms with van der Waals surface area (Å²) in [6.45, 7) is 0.0116. The maximum absolute atomic E-state index is 11.6. The number of aromatic nitrogens is 2. The Bertz CT molecular complexity index is 530. The van der Waals surface area contributed by atoms with Crippen molar-refractivity contribution in [2.75, 3.05) is 6.61 Å². The zero-order valence-electron chi connectivity index (χ0n) is 9.33. The van der Waals surface area contributed by atoms with Gasteiger partial charge in [-0.25, -0.2) is 4.79 Å². The molecule has 0 spiro atoms. The number of nitrogens with zero attached hydrogens (tertiary/aromatic N) is 3. The molecule has 17 heavy (non-hydrogen) atoms. The highest BCUT2D eigenvalue weighted by atomic mass is 16.6. The Morgan fingerprint density at radius 2 is 2.06 bits per heavy atom. The lowest BCUT2D eigenvalue weighted by Crippen LogP contribution is -2.39. The van der Waals surface area contributed by atoms with E-state index < -0.39 is 21.9 Å². The fraction of sp³-hybridized carbons (Fsp3) is 0.556. The summed E-state index contributed by atoms with van der Waals surface area (Å²) in [5.41, 5.74) is -2.13. The molecule has 0 saturated heterocycles. The molecule has 1 aromatic heterocycles. The van der Waals surface area contributed by atoms with E-state index in [1.165, 1.54) is 7.05 Å². The Morgan fingerprint density at radius 1 is 1.41 bits per heavy atom. The molecule has 0 radical (unpaired) electrons. The third-order valence-electron chi connectivity index (χ3n) is 2.30. The summed E-state index contributed by atoms with van der Waals surface area (Å²) < 4.78 is 1.81. The van der Waals surface area contributed by atoms with E-state index in [0.29, 0.717) is 12.8 Å². The molecule has 0 amide bonds. The van der Waals surface area contributed by atoms with Crippen LogP contribution in [0.15, 0.2) is 15.8 Å². The zero-order valence-corrected chi connectivity index (χ0v) is 9.33. The SMILES string of the molecule is Cn1cc([N+](=O)[O-])c(=O)n(CCCCO)c1=O. The first-order chi connectivity index (χ1) is 7.99. The van der Waals surface area contributed by atoms with Crippen molar-refractivity contribution in [3.8, 4) is 0 Å². The molecule has 0 aliphatic heterocycles. The molecular formula is C9H13N3O5. The quantitative estimate of drug-likeness (QED) is 0.415. The van der Waals surface area contributed by atoms with Crippen molar-refractivity contribution in [1.82, 2.24) is 9.13 Å². The molecule has 0 aliphatic rings. The van der Waals surface area contributed by atoms with E-state index in [4.69, 9.17) is 5.11 Å². The van der Waals surface area contributed by atoms with Crippen LogP contribution in [0.5, 0.6) is 0 Å². The molecule has 0 aliphatic carbocycles. The molecule has 0 fully saturated rings. The fourth-order valence-electron chi connectivity index (χ4n) is 1.41. The third kappa shape index (κ3) is 2.78. The topological polar surface area (TPSA) is 107 Å². The Labute approximate surface area is 95.9 Å². The number of hydrogen-bond donors (Lipinski definition) is 1. The lowest BCUT2D eigenvalue weighted by atomic mass is 10.3. The molecule has 1 rings (SSSR count). The summed E-state index contributed by atoms with van der Waals surface area (Å²) >= 11 is 0. The van der Waals surface area contributed by atoms with Crippen molar-refractivity contribution in [3.63, 3.8) is 0 Å². The van der Waals surface area contributed by atoms with Crippen LogP contribution < -0.4 is 11.2 Å². The van der Waals surface area contributed by atoms with Gasteiger partial charge < -0.3 is 5.11 Å². The Balaban J connectivity index is 3.23. The molecule has 0 bridgehead atoms. The van der Waals surface area contributed by atoms with Gasteiger partial charge in [-0.15, -0.1) is 0 Å². The maximum atomic E-state index is 11.6. The second-order valence-electron chi connectivity index (χ2n) is 3.55. The van der Waals surface area contributed by atoms with Crippen molar-refractivity contribution in [1.29, 1.82) is 0 Å². The van der Waals surface area contributed by atoms with E-state index in [0.717, 1.165) is 15.3 Å². The van der Waals surface area contributed by atoms with E-state index in [1.807, 2.05) is 0 Å². The molecular weight excluding hydrogens is 230 g/mol. The summed E-state index contributed by atoms with van der Waals surface area (Å²) in [4.78, 5) is 33.0. The number of aliphatic hydroxyl groups excluding tert-OH is 1. The van der Waals surface area contributed by atoms with Crippen molar-refractivity contribution < 1.29 is 10.0 Å². The summed E-state index contributed by atoms with van der Waals surface area (Å²) in [5.74, 6) is 0. The maximum Gasteiger partial charge on any atom is 0.350 e. The van der Waals surface area contributed by atoms with Crippen LogP contribution in [0.3, 0.4) is 0 Å². The van der Waals surface area contributed by atoms with Crippen molar-refractivity contribution in [2.45, 2.75) is 19.4 Å².